The van der Waals surface area contributed by atoms with Gasteiger partial charge in [-0.05, 0) is 30.5 Å². The van der Waals surface area contributed by atoms with Gasteiger partial charge in [-0.15, -0.1) is 0 Å². The summed E-state index contributed by atoms with van der Waals surface area (Å²) in [5.74, 6) is -0.315. The van der Waals surface area contributed by atoms with E-state index in [9.17, 15) is 14.7 Å². The van der Waals surface area contributed by atoms with Gasteiger partial charge in [-0.2, -0.15) is 0 Å². The molecule has 0 aromatic heterocycles. The summed E-state index contributed by atoms with van der Waals surface area (Å²) in [7, 11) is 0. The van der Waals surface area contributed by atoms with Crippen molar-refractivity contribution in [3.8, 4) is 0 Å². The van der Waals surface area contributed by atoms with E-state index < -0.39 is 6.10 Å². The van der Waals surface area contributed by atoms with E-state index in [2.05, 4.69) is 10.6 Å². The van der Waals surface area contributed by atoms with Crippen molar-refractivity contribution in [2.45, 2.75) is 50.7 Å². The standard InChI is InChI=1S/C17H23ClN2O3/c18-13-7-5-12(6-8-13)15(21)11-19-16(22)9-10-17(23)20-14-3-1-2-4-14/h5-8,14-15,21H,1-4,9-11H2,(H,19,22)(H,20,23). The maximum atomic E-state index is 11.8. The number of aliphatic hydroxyl groups is 1. The van der Waals surface area contributed by atoms with Crippen LogP contribution in [0.3, 0.4) is 0 Å². The van der Waals surface area contributed by atoms with Crippen LogP contribution in [0.4, 0.5) is 0 Å². The number of carbonyl (C=O) groups excluding carboxylic acids is 2. The molecule has 1 saturated carbocycles. The van der Waals surface area contributed by atoms with Gasteiger partial charge in [0.25, 0.3) is 0 Å². The van der Waals surface area contributed by atoms with E-state index in [4.69, 9.17) is 11.6 Å². The van der Waals surface area contributed by atoms with Gasteiger partial charge in [-0.1, -0.05) is 36.6 Å². The average Bonchev–Trinajstić information content (AvgIpc) is 3.04. The van der Waals surface area contributed by atoms with Crippen molar-refractivity contribution < 1.29 is 14.7 Å². The van der Waals surface area contributed by atoms with Gasteiger partial charge in [-0.25, -0.2) is 0 Å². The maximum absolute atomic E-state index is 11.8. The molecule has 1 aromatic rings. The van der Waals surface area contributed by atoms with Crippen molar-refractivity contribution in [3.63, 3.8) is 0 Å². The van der Waals surface area contributed by atoms with E-state index in [1.165, 1.54) is 0 Å². The second-order valence-electron chi connectivity index (χ2n) is 5.92. The van der Waals surface area contributed by atoms with Gasteiger partial charge in [0.15, 0.2) is 0 Å². The van der Waals surface area contributed by atoms with Crippen LogP contribution < -0.4 is 10.6 Å². The highest BCUT2D eigenvalue weighted by Crippen LogP contribution is 2.18. The molecule has 0 bridgehead atoms. The molecule has 3 N–H and O–H groups in total. The first-order valence-corrected chi connectivity index (χ1v) is 8.42. The topological polar surface area (TPSA) is 78.4 Å². The van der Waals surface area contributed by atoms with Gasteiger partial charge in [0, 0.05) is 30.5 Å². The molecule has 0 aliphatic heterocycles. The minimum absolute atomic E-state index is 0.0784. The summed E-state index contributed by atoms with van der Waals surface area (Å²) in [6, 6.07) is 7.09. The summed E-state index contributed by atoms with van der Waals surface area (Å²) in [5.41, 5.74) is 0.689. The summed E-state index contributed by atoms with van der Waals surface area (Å²) in [5, 5.41) is 16.2. The Morgan fingerprint density at radius 2 is 1.74 bits per heavy atom. The fourth-order valence-electron chi connectivity index (χ4n) is 2.70. The Labute approximate surface area is 141 Å². The lowest BCUT2D eigenvalue weighted by Crippen LogP contribution is -2.34. The van der Waals surface area contributed by atoms with E-state index in [-0.39, 0.29) is 37.2 Å². The number of nitrogens with one attached hydrogen (secondary N) is 2. The van der Waals surface area contributed by atoms with Crippen molar-refractivity contribution in [1.29, 1.82) is 0 Å². The SMILES string of the molecule is O=C(CCC(=O)NC1CCCC1)NCC(O)c1ccc(Cl)cc1. The molecule has 0 spiro atoms. The van der Waals surface area contributed by atoms with Crippen LogP contribution in [0.25, 0.3) is 0 Å². The monoisotopic (exact) mass is 338 g/mol. The van der Waals surface area contributed by atoms with Crippen LogP contribution in [0.5, 0.6) is 0 Å². The van der Waals surface area contributed by atoms with Crippen molar-refractivity contribution >= 4 is 23.4 Å². The first-order chi connectivity index (χ1) is 11.0. The lowest BCUT2D eigenvalue weighted by atomic mass is 10.1. The Balaban J connectivity index is 1.64. The molecule has 0 heterocycles. The zero-order valence-corrected chi connectivity index (χ0v) is 13.8. The van der Waals surface area contributed by atoms with Gasteiger partial charge in [0.1, 0.15) is 0 Å². The fourth-order valence-corrected chi connectivity index (χ4v) is 2.82. The predicted molar refractivity (Wildman–Crippen MR) is 89.1 cm³/mol. The van der Waals surface area contributed by atoms with Gasteiger partial charge in [0.05, 0.1) is 6.10 Å². The van der Waals surface area contributed by atoms with E-state index in [0.717, 1.165) is 25.7 Å². The van der Waals surface area contributed by atoms with Gasteiger partial charge in [-0.3, -0.25) is 9.59 Å². The molecule has 1 unspecified atom stereocenters. The number of benzene rings is 1. The van der Waals surface area contributed by atoms with Crippen LogP contribution in [-0.4, -0.2) is 29.5 Å². The first kappa shape index (κ1) is 17.8. The summed E-state index contributed by atoms with van der Waals surface area (Å²) >= 11 is 5.79. The molecule has 1 aliphatic rings. The molecule has 1 fully saturated rings. The minimum Gasteiger partial charge on any atom is -0.387 e. The number of hydrogen-bond acceptors (Lipinski definition) is 3. The summed E-state index contributed by atoms with van der Waals surface area (Å²) < 4.78 is 0. The molecule has 126 valence electrons. The summed E-state index contributed by atoms with van der Waals surface area (Å²) in [4.78, 5) is 23.5. The van der Waals surface area contributed by atoms with Crippen LogP contribution in [0, 0.1) is 0 Å². The Kier molecular flexibility index (Phi) is 6.86. The lowest BCUT2D eigenvalue weighted by Gasteiger charge is -2.13. The molecular formula is C17H23ClN2O3. The van der Waals surface area contributed by atoms with E-state index in [0.29, 0.717) is 10.6 Å². The highest BCUT2D eigenvalue weighted by atomic mass is 35.5. The third-order valence-corrected chi connectivity index (χ3v) is 4.30. The van der Waals surface area contributed by atoms with Crippen LogP contribution in [0.1, 0.15) is 50.2 Å². The van der Waals surface area contributed by atoms with Gasteiger partial charge in [0.2, 0.25) is 11.8 Å². The number of halogens is 1. The zero-order chi connectivity index (χ0) is 16.7. The first-order valence-electron chi connectivity index (χ1n) is 8.04. The molecule has 1 aliphatic carbocycles. The molecule has 1 aromatic carbocycles. The largest absolute Gasteiger partial charge is 0.387 e. The van der Waals surface area contributed by atoms with Crippen LogP contribution >= 0.6 is 11.6 Å². The number of aliphatic hydroxyl groups excluding tert-OH is 1. The lowest BCUT2D eigenvalue weighted by molar-refractivity contribution is -0.127. The van der Waals surface area contributed by atoms with Gasteiger partial charge < -0.3 is 15.7 Å². The van der Waals surface area contributed by atoms with E-state index >= 15 is 0 Å². The van der Waals surface area contributed by atoms with Crippen LogP contribution in [0.15, 0.2) is 24.3 Å². The second kappa shape index (κ2) is 8.89. The minimum atomic E-state index is -0.788. The summed E-state index contributed by atoms with van der Waals surface area (Å²) in [6.45, 7) is 0.116. The molecule has 2 rings (SSSR count). The Hall–Kier alpha value is -1.59. The molecule has 23 heavy (non-hydrogen) atoms. The Morgan fingerprint density at radius 3 is 2.39 bits per heavy atom. The van der Waals surface area contributed by atoms with Crippen LogP contribution in [-0.2, 0) is 9.59 Å². The highest BCUT2D eigenvalue weighted by molar-refractivity contribution is 6.30. The summed E-state index contributed by atoms with van der Waals surface area (Å²) in [6.07, 6.45) is 3.91. The third-order valence-electron chi connectivity index (χ3n) is 4.05. The number of hydrogen-bond donors (Lipinski definition) is 3. The number of rotatable bonds is 7. The molecular weight excluding hydrogens is 316 g/mol. The average molecular weight is 339 g/mol. The van der Waals surface area contributed by atoms with Crippen molar-refractivity contribution in [2.24, 2.45) is 0 Å². The van der Waals surface area contributed by atoms with E-state index in [1.54, 1.807) is 24.3 Å². The second-order valence-corrected chi connectivity index (χ2v) is 6.36. The molecule has 1 atom stereocenters. The molecule has 5 nitrogen and oxygen atoms in total. The van der Waals surface area contributed by atoms with Crippen molar-refractivity contribution in [2.75, 3.05) is 6.54 Å². The van der Waals surface area contributed by atoms with Gasteiger partial charge >= 0.3 is 0 Å². The Morgan fingerprint density at radius 1 is 1.13 bits per heavy atom. The third kappa shape index (κ3) is 6.20. The number of amides is 2. The zero-order valence-electron chi connectivity index (χ0n) is 13.1. The van der Waals surface area contributed by atoms with Crippen LogP contribution in [0.2, 0.25) is 5.02 Å². The maximum Gasteiger partial charge on any atom is 0.220 e. The highest BCUT2D eigenvalue weighted by Gasteiger charge is 2.17. The number of carbonyl (C=O) groups is 2. The Bertz CT molecular complexity index is 527. The molecule has 6 heteroatoms. The molecule has 2 amide bonds. The van der Waals surface area contributed by atoms with Crippen molar-refractivity contribution in [1.82, 2.24) is 10.6 Å². The fraction of sp³-hybridized carbons (Fsp3) is 0.529. The van der Waals surface area contributed by atoms with E-state index in [1.807, 2.05) is 0 Å². The van der Waals surface area contributed by atoms with Crippen molar-refractivity contribution in [3.05, 3.63) is 34.9 Å². The molecule has 0 saturated heterocycles. The smallest absolute Gasteiger partial charge is 0.220 e. The quantitative estimate of drug-likeness (QED) is 0.714. The predicted octanol–water partition coefficient (Wildman–Crippen LogP) is 2.33. The molecule has 0 radical (unpaired) electrons. The normalized spacial score (nSPS) is 16.1.